The molecule has 1 saturated carbocycles. The van der Waals surface area contributed by atoms with Gasteiger partial charge in [-0.1, -0.05) is 83.4 Å². The van der Waals surface area contributed by atoms with Crippen LogP contribution in [0.1, 0.15) is 41.0 Å². The highest BCUT2D eigenvalue weighted by atomic mass is 35.5. The van der Waals surface area contributed by atoms with Crippen molar-refractivity contribution in [3.8, 4) is 11.5 Å². The molecule has 2 aliphatic carbocycles. The number of ether oxygens (including phenoxy) is 1. The van der Waals surface area contributed by atoms with E-state index in [1.165, 1.54) is 50.5 Å². The summed E-state index contributed by atoms with van der Waals surface area (Å²) in [5.74, 6) is -10.5. The Morgan fingerprint density at radius 3 is 2.16 bits per heavy atom. The number of aromatic nitrogens is 1. The van der Waals surface area contributed by atoms with E-state index in [9.17, 15) is 48.1 Å². The van der Waals surface area contributed by atoms with Gasteiger partial charge in [0, 0.05) is 55.0 Å². The molecule has 6 atom stereocenters. The Labute approximate surface area is 398 Å². The number of pyridine rings is 1. The minimum atomic E-state index is -4.84. The zero-order chi connectivity index (χ0) is 49.4. The van der Waals surface area contributed by atoms with Gasteiger partial charge in [-0.2, -0.15) is 18.2 Å². The van der Waals surface area contributed by atoms with Crippen LogP contribution in [0.5, 0.6) is 11.5 Å². The van der Waals surface area contributed by atoms with Gasteiger partial charge in [-0.25, -0.2) is 9.88 Å². The third-order valence-electron chi connectivity index (χ3n) is 13.3. The summed E-state index contributed by atoms with van der Waals surface area (Å²) in [6.07, 6.45) is -3.18. The summed E-state index contributed by atoms with van der Waals surface area (Å²) >= 11 is 12.7. The number of allylic oxidation sites excluding steroid dienone is 2. The van der Waals surface area contributed by atoms with Gasteiger partial charge in [0.1, 0.15) is 18.1 Å². The fourth-order valence-electron chi connectivity index (χ4n) is 10.4. The molecule has 0 unspecified atom stereocenters. The van der Waals surface area contributed by atoms with E-state index in [-0.39, 0.29) is 47.0 Å². The van der Waals surface area contributed by atoms with Gasteiger partial charge in [-0.05, 0) is 54.2 Å². The molecule has 2 aliphatic heterocycles. The predicted molar refractivity (Wildman–Crippen MR) is 242 cm³/mol. The van der Waals surface area contributed by atoms with Crippen molar-refractivity contribution in [3.63, 3.8) is 0 Å². The van der Waals surface area contributed by atoms with E-state index in [2.05, 4.69) is 10.4 Å². The highest BCUT2D eigenvalue weighted by molar-refractivity contribution is 6.33. The van der Waals surface area contributed by atoms with Crippen LogP contribution in [0, 0.1) is 43.9 Å². The number of amides is 4. The van der Waals surface area contributed by atoms with Crippen molar-refractivity contribution in [3.05, 3.63) is 161 Å². The molecule has 0 spiro atoms. The van der Waals surface area contributed by atoms with Crippen molar-refractivity contribution < 1.29 is 52.0 Å². The number of alkyl halides is 3. The molecule has 22 heteroatoms. The Morgan fingerprint density at radius 1 is 0.899 bits per heavy atom. The van der Waals surface area contributed by atoms with Gasteiger partial charge in [-0.3, -0.25) is 44.8 Å². The maximum atomic E-state index is 15.6. The first-order chi connectivity index (χ1) is 32.7. The van der Waals surface area contributed by atoms with E-state index >= 15 is 9.59 Å². The molecule has 3 heterocycles. The molecule has 69 heavy (non-hydrogen) atoms. The van der Waals surface area contributed by atoms with E-state index in [1.807, 2.05) is 30.3 Å². The minimum Gasteiger partial charge on any atom is -0.508 e. The summed E-state index contributed by atoms with van der Waals surface area (Å²) < 4.78 is 47.0. The monoisotopic (exact) mass is 985 g/mol. The topological polar surface area (TPSA) is 219 Å². The molecule has 17 nitrogen and oxygen atoms in total. The molecular formula is C47H36Cl2F3N7O10. The maximum Gasteiger partial charge on any atom is 0.417 e. The fraction of sp³-hybridized carbons (Fsp3) is 0.255. The maximum absolute atomic E-state index is 15.6. The van der Waals surface area contributed by atoms with Crippen LogP contribution in [0.15, 0.2) is 109 Å². The third kappa shape index (κ3) is 7.63. The van der Waals surface area contributed by atoms with Crippen molar-refractivity contribution in [1.29, 1.82) is 0 Å². The zero-order valence-electron chi connectivity index (χ0n) is 36.0. The molecule has 4 amide bonds. The van der Waals surface area contributed by atoms with Crippen LogP contribution in [0.25, 0.3) is 0 Å². The molecule has 2 saturated heterocycles. The van der Waals surface area contributed by atoms with Crippen LogP contribution >= 0.6 is 23.2 Å². The second-order valence-corrected chi connectivity index (χ2v) is 18.0. The second kappa shape index (κ2) is 17.2. The molecule has 354 valence electrons. The van der Waals surface area contributed by atoms with Crippen molar-refractivity contribution in [2.24, 2.45) is 23.7 Å². The first-order valence-corrected chi connectivity index (χ1v) is 21.8. The molecule has 1 aromatic heterocycles. The average Bonchev–Trinajstić information content (AvgIpc) is 3.69. The van der Waals surface area contributed by atoms with Crippen LogP contribution in [0.3, 0.4) is 0 Å². The third-order valence-corrected chi connectivity index (χ3v) is 13.8. The first kappa shape index (κ1) is 46.5. The minimum absolute atomic E-state index is 0.0873. The van der Waals surface area contributed by atoms with Gasteiger partial charge in [0.15, 0.2) is 11.5 Å². The number of fused-ring (bicyclic) bond motifs is 4. The van der Waals surface area contributed by atoms with Gasteiger partial charge in [-0.15, -0.1) is 0 Å². The Morgan fingerprint density at radius 2 is 1.57 bits per heavy atom. The number of nitrogens with one attached hydrogen (secondary N) is 1. The molecule has 0 radical (unpaired) electrons. The van der Waals surface area contributed by atoms with Gasteiger partial charge in [0.05, 0.1) is 49.3 Å². The zero-order valence-corrected chi connectivity index (χ0v) is 37.5. The number of imide groups is 2. The number of benzene rings is 4. The first-order valence-electron chi connectivity index (χ1n) is 21.1. The highest BCUT2D eigenvalue weighted by Gasteiger charge is 2.71. The summed E-state index contributed by atoms with van der Waals surface area (Å²) in [7, 11) is 2.71. The van der Waals surface area contributed by atoms with Crippen molar-refractivity contribution >= 4 is 75.4 Å². The van der Waals surface area contributed by atoms with Crippen LogP contribution in [0.2, 0.25) is 10.0 Å². The Balaban J connectivity index is 1.21. The molecular weight excluding hydrogens is 950 g/mol. The van der Waals surface area contributed by atoms with Crippen molar-refractivity contribution in [1.82, 2.24) is 9.99 Å². The highest BCUT2D eigenvalue weighted by Crippen LogP contribution is 2.65. The summed E-state index contributed by atoms with van der Waals surface area (Å²) in [6, 6.07) is 21.9. The predicted octanol–water partition coefficient (Wildman–Crippen LogP) is 8.76. The number of phenols is 1. The molecule has 9 rings (SSSR count). The largest absolute Gasteiger partial charge is 0.508 e. The molecule has 2 N–H and O–H groups in total. The number of phenolic OH excluding ortho intramolecular Hbond substituents is 1. The van der Waals surface area contributed by atoms with Crippen LogP contribution < -0.4 is 20.0 Å². The Bertz CT molecular complexity index is 3010. The summed E-state index contributed by atoms with van der Waals surface area (Å²) in [5.41, 5.74) is -1.51. The van der Waals surface area contributed by atoms with Gasteiger partial charge >= 0.3 is 17.6 Å². The van der Waals surface area contributed by atoms with Gasteiger partial charge in [0.2, 0.25) is 11.8 Å². The van der Waals surface area contributed by atoms with E-state index in [4.69, 9.17) is 27.9 Å². The van der Waals surface area contributed by atoms with Crippen LogP contribution in [0.4, 0.5) is 41.7 Å². The number of aromatic hydroxyl groups is 1. The normalized spacial score (nSPS) is 23.0. The number of hydrazine groups is 1. The molecule has 0 bridgehead atoms. The number of nitro benzene ring substituents is 2. The number of hydrogen-bond acceptors (Lipinski definition) is 13. The van der Waals surface area contributed by atoms with E-state index < -0.39 is 114 Å². The lowest BCUT2D eigenvalue weighted by atomic mass is 9.49. The Hall–Kier alpha value is -7.58. The quantitative estimate of drug-likeness (QED) is 0.0548. The van der Waals surface area contributed by atoms with Crippen molar-refractivity contribution in [2.45, 2.75) is 37.0 Å². The van der Waals surface area contributed by atoms with Crippen LogP contribution in [-0.4, -0.2) is 62.7 Å². The van der Waals surface area contributed by atoms with Crippen molar-refractivity contribution in [2.75, 3.05) is 29.3 Å². The lowest BCUT2D eigenvalue weighted by Gasteiger charge is -2.50. The number of hydrogen-bond donors (Lipinski definition) is 2. The summed E-state index contributed by atoms with van der Waals surface area (Å²) in [4.78, 5) is 88.7. The number of nitrogens with zero attached hydrogens (tertiary/aromatic N) is 6. The average molecular weight is 987 g/mol. The number of anilines is 3. The number of halogens is 5. The SMILES string of the molecule is CN(C)c1c([N+](=O)[O-])cc(N2C(=O)[C@H]3[C@H](CC=C4[C@H]3C[C@H]3C(=O)N(Nc5ncc(C(F)(F)F)cc5Cl)C(=O)[C@@]3(c3ccc(Cl)cc3)[C@H]4c3ccc(OCc4ccccc4)cc3O)C2=O)cc1[N+](=O)[O-]. The Kier molecular flexibility index (Phi) is 11.6. The van der Waals surface area contributed by atoms with E-state index in [0.717, 1.165) is 22.6 Å². The number of nitro groups is 2. The number of carbonyl (C=O) groups is 4. The summed E-state index contributed by atoms with van der Waals surface area (Å²) in [6.45, 7) is 0.112. The molecule has 4 aromatic carbocycles. The molecule has 4 aliphatic rings. The lowest BCUT2D eigenvalue weighted by molar-refractivity contribution is -0.392. The van der Waals surface area contributed by atoms with Crippen LogP contribution in [-0.2, 0) is 37.4 Å². The molecule has 3 fully saturated rings. The molecule has 5 aromatic rings. The fourth-order valence-corrected chi connectivity index (χ4v) is 10.8. The lowest BCUT2D eigenvalue weighted by Crippen LogP contribution is -2.53. The number of rotatable bonds is 11. The number of carbonyl (C=O) groups excluding carboxylic acids is 4. The van der Waals surface area contributed by atoms with Gasteiger partial charge < -0.3 is 14.7 Å². The van der Waals surface area contributed by atoms with E-state index in [1.54, 1.807) is 12.1 Å². The van der Waals surface area contributed by atoms with Gasteiger partial charge in [0.25, 0.3) is 11.8 Å². The second-order valence-electron chi connectivity index (χ2n) is 17.2. The summed E-state index contributed by atoms with van der Waals surface area (Å²) in [5, 5.41) is 37.0. The van der Waals surface area contributed by atoms with E-state index in [0.29, 0.717) is 27.7 Å². The smallest absolute Gasteiger partial charge is 0.417 e. The standard InChI is InChI=1S/C47H36Cl2F3N7O10/c1-55(2)40-35(58(65)66)17-27(18-36(40)59(67)68)56-42(61)31-15-14-29-32(38(31)44(56)63)20-33-43(62)57(54-41-34(49)16-25(21-53-41)47(50,51)52)45(64)46(33,24-8-10-26(48)11-9-24)39(29)30-13-12-28(19-37(30)60)69-22-23-6-4-3-5-7-23/h3-14,16-19,21,31-33,38-39,60H,15,20,22H2,1-2H3,(H,53,54)/t31-,32+,33-,38-,39+,46+/m0/s1.